The second-order valence-electron chi connectivity index (χ2n) is 2.85. The van der Waals surface area contributed by atoms with Gasteiger partial charge in [-0.05, 0) is 0 Å². The topological polar surface area (TPSA) is 26.3 Å². The van der Waals surface area contributed by atoms with Crippen LogP contribution in [0.15, 0.2) is 0 Å². The van der Waals surface area contributed by atoms with Crippen molar-refractivity contribution in [3.8, 4) is 0 Å². The van der Waals surface area contributed by atoms with Crippen molar-refractivity contribution in [1.29, 1.82) is 0 Å². The van der Waals surface area contributed by atoms with Crippen LogP contribution in [0.5, 0.6) is 0 Å². The summed E-state index contributed by atoms with van der Waals surface area (Å²) in [7, 11) is 0. The Morgan fingerprint density at radius 2 is 2.30 bits per heavy atom. The largest absolute Gasteiger partial charge is 0.380 e. The van der Waals surface area contributed by atoms with Crippen LogP contribution in [-0.2, 0) is 9.53 Å². The van der Waals surface area contributed by atoms with Gasteiger partial charge in [0, 0.05) is 0 Å². The molecule has 0 amide bonds. The highest BCUT2D eigenvalue weighted by atomic mass is 19.3. The van der Waals surface area contributed by atoms with E-state index in [0.717, 1.165) is 0 Å². The van der Waals surface area contributed by atoms with Gasteiger partial charge in [0.25, 0.3) is 5.92 Å². The van der Waals surface area contributed by atoms with Crippen molar-refractivity contribution in [2.24, 2.45) is 11.3 Å². The number of rotatable bonds is 1. The van der Waals surface area contributed by atoms with Gasteiger partial charge < -0.3 is 9.53 Å². The van der Waals surface area contributed by atoms with E-state index in [2.05, 4.69) is 0 Å². The van der Waals surface area contributed by atoms with Crippen molar-refractivity contribution < 1.29 is 18.3 Å². The standard InChI is InChI=1S/C6H6F2O2/c7-6(8)4-1-10-3-5(4,6)2-9/h2,4H,1,3H2/t4-,5+/m1/s1. The third-order valence-corrected chi connectivity index (χ3v) is 2.43. The van der Waals surface area contributed by atoms with E-state index in [9.17, 15) is 13.6 Å². The quantitative estimate of drug-likeness (QED) is 0.505. The van der Waals surface area contributed by atoms with Gasteiger partial charge in [0.05, 0.1) is 19.1 Å². The summed E-state index contributed by atoms with van der Waals surface area (Å²) in [6.45, 7) is -0.0695. The van der Waals surface area contributed by atoms with Crippen LogP contribution in [0, 0.1) is 11.3 Å². The van der Waals surface area contributed by atoms with Gasteiger partial charge in [0.15, 0.2) is 0 Å². The molecule has 1 saturated heterocycles. The molecular weight excluding hydrogens is 142 g/mol. The molecule has 0 spiro atoms. The summed E-state index contributed by atoms with van der Waals surface area (Å²) < 4.78 is 29.9. The summed E-state index contributed by atoms with van der Waals surface area (Å²) in [4.78, 5) is 10.2. The molecule has 10 heavy (non-hydrogen) atoms. The molecule has 1 aliphatic carbocycles. The van der Waals surface area contributed by atoms with E-state index >= 15 is 0 Å². The Kier molecular flexibility index (Phi) is 0.866. The van der Waals surface area contributed by atoms with Gasteiger partial charge >= 0.3 is 0 Å². The molecule has 2 nitrogen and oxygen atoms in total. The molecule has 1 saturated carbocycles. The lowest BCUT2D eigenvalue weighted by molar-refractivity contribution is -0.117. The van der Waals surface area contributed by atoms with Crippen LogP contribution >= 0.6 is 0 Å². The molecule has 2 rings (SSSR count). The summed E-state index contributed by atoms with van der Waals surface area (Å²) in [5, 5.41) is 0. The van der Waals surface area contributed by atoms with Crippen LogP contribution in [0.3, 0.4) is 0 Å². The van der Waals surface area contributed by atoms with Gasteiger partial charge in [-0.2, -0.15) is 0 Å². The molecule has 2 fully saturated rings. The van der Waals surface area contributed by atoms with Crippen molar-refractivity contribution in [1.82, 2.24) is 0 Å². The first-order valence-electron chi connectivity index (χ1n) is 3.07. The number of hydrogen-bond donors (Lipinski definition) is 0. The van der Waals surface area contributed by atoms with Gasteiger partial charge in [-0.25, -0.2) is 8.78 Å². The highest BCUT2D eigenvalue weighted by molar-refractivity contribution is 5.69. The zero-order valence-electron chi connectivity index (χ0n) is 5.14. The smallest absolute Gasteiger partial charge is 0.269 e. The van der Waals surface area contributed by atoms with Gasteiger partial charge in [-0.15, -0.1) is 0 Å². The fourth-order valence-corrected chi connectivity index (χ4v) is 1.55. The minimum atomic E-state index is -2.78. The summed E-state index contributed by atoms with van der Waals surface area (Å²) in [6.07, 6.45) is 0.338. The molecule has 0 bridgehead atoms. The molecule has 2 aliphatic rings. The van der Waals surface area contributed by atoms with E-state index in [1.807, 2.05) is 0 Å². The van der Waals surface area contributed by atoms with E-state index < -0.39 is 17.3 Å². The highest BCUT2D eigenvalue weighted by Crippen LogP contribution is 2.67. The Morgan fingerprint density at radius 1 is 1.60 bits per heavy atom. The van der Waals surface area contributed by atoms with E-state index in [4.69, 9.17) is 4.74 Å². The fraction of sp³-hybridized carbons (Fsp3) is 0.833. The third kappa shape index (κ3) is 0.389. The molecule has 0 unspecified atom stereocenters. The zero-order valence-corrected chi connectivity index (χ0v) is 5.14. The van der Waals surface area contributed by atoms with Gasteiger partial charge in [-0.1, -0.05) is 0 Å². The molecule has 56 valence electrons. The molecule has 4 heteroatoms. The first kappa shape index (κ1) is 6.22. The Balaban J connectivity index is 2.31. The molecule has 1 heterocycles. The third-order valence-electron chi connectivity index (χ3n) is 2.43. The predicted octanol–water partition coefficient (Wildman–Crippen LogP) is 0.467. The van der Waals surface area contributed by atoms with Crippen molar-refractivity contribution in [2.75, 3.05) is 13.2 Å². The number of alkyl halides is 2. The van der Waals surface area contributed by atoms with Gasteiger partial charge in [0.1, 0.15) is 11.7 Å². The molecule has 0 aromatic heterocycles. The summed E-state index contributed by atoms with van der Waals surface area (Å²) in [5.41, 5.74) is -1.44. The lowest BCUT2D eigenvalue weighted by Crippen LogP contribution is -2.18. The SMILES string of the molecule is O=C[C@]12COC[C@H]1C2(F)F. The molecule has 2 atom stereocenters. The first-order valence-corrected chi connectivity index (χ1v) is 3.07. The van der Waals surface area contributed by atoms with Crippen LogP contribution in [0.2, 0.25) is 0 Å². The lowest BCUT2D eigenvalue weighted by atomic mass is 10.1. The number of fused-ring (bicyclic) bond motifs is 1. The number of halogens is 2. The van der Waals surface area contributed by atoms with E-state index in [0.29, 0.717) is 6.29 Å². The average Bonchev–Trinajstić information content (AvgIpc) is 2.34. The van der Waals surface area contributed by atoms with Crippen LogP contribution in [0.1, 0.15) is 0 Å². The van der Waals surface area contributed by atoms with Crippen molar-refractivity contribution in [3.05, 3.63) is 0 Å². The molecular formula is C6H6F2O2. The fourth-order valence-electron chi connectivity index (χ4n) is 1.55. The van der Waals surface area contributed by atoms with Crippen LogP contribution in [0.4, 0.5) is 8.78 Å². The maximum Gasteiger partial charge on any atom is 0.269 e. The number of aldehydes is 1. The van der Waals surface area contributed by atoms with Crippen LogP contribution < -0.4 is 0 Å². The number of ether oxygens (including phenoxy) is 1. The molecule has 0 aromatic carbocycles. The summed E-state index contributed by atoms with van der Waals surface area (Å²) in [6, 6.07) is 0. The Hall–Kier alpha value is -0.510. The van der Waals surface area contributed by atoms with Crippen LogP contribution in [-0.4, -0.2) is 25.4 Å². The zero-order chi connectivity index (χ0) is 7.41. The highest BCUT2D eigenvalue weighted by Gasteiger charge is 2.83. The molecule has 0 radical (unpaired) electrons. The summed E-state index contributed by atoms with van der Waals surface area (Å²) in [5.74, 6) is -3.62. The monoisotopic (exact) mass is 148 g/mol. The van der Waals surface area contributed by atoms with Gasteiger partial charge in [-0.3, -0.25) is 0 Å². The minimum Gasteiger partial charge on any atom is -0.380 e. The Morgan fingerprint density at radius 3 is 2.60 bits per heavy atom. The lowest BCUT2D eigenvalue weighted by Gasteiger charge is -2.04. The molecule has 0 aromatic rings. The van der Waals surface area contributed by atoms with Crippen molar-refractivity contribution in [3.63, 3.8) is 0 Å². The number of carbonyl (C=O) groups is 1. The number of hydrogen-bond acceptors (Lipinski definition) is 2. The number of carbonyl (C=O) groups excluding carboxylic acids is 1. The second-order valence-corrected chi connectivity index (χ2v) is 2.85. The van der Waals surface area contributed by atoms with E-state index in [1.165, 1.54) is 0 Å². The van der Waals surface area contributed by atoms with E-state index in [1.54, 1.807) is 0 Å². The first-order chi connectivity index (χ1) is 4.65. The summed E-state index contributed by atoms with van der Waals surface area (Å²) >= 11 is 0. The Bertz CT molecular complexity index is 192. The van der Waals surface area contributed by atoms with Crippen molar-refractivity contribution in [2.45, 2.75) is 5.92 Å². The normalized spacial score (nSPS) is 48.4. The van der Waals surface area contributed by atoms with Crippen LogP contribution in [0.25, 0.3) is 0 Å². The maximum absolute atomic E-state index is 12.6. The second kappa shape index (κ2) is 1.39. The predicted molar refractivity (Wildman–Crippen MR) is 27.8 cm³/mol. The van der Waals surface area contributed by atoms with E-state index in [-0.39, 0.29) is 13.2 Å². The van der Waals surface area contributed by atoms with Crippen molar-refractivity contribution >= 4 is 6.29 Å². The molecule has 0 N–H and O–H groups in total. The molecule has 1 aliphatic heterocycles. The Labute approximate surface area is 56.2 Å². The maximum atomic E-state index is 12.6. The average molecular weight is 148 g/mol. The minimum absolute atomic E-state index is 0.0335. The van der Waals surface area contributed by atoms with Gasteiger partial charge in [0.2, 0.25) is 0 Å².